The Morgan fingerprint density at radius 1 is 0.560 bits per heavy atom. The molecule has 1 aromatic carbocycles. The molecule has 2 heterocycles. The van der Waals surface area contributed by atoms with Crippen LogP contribution in [-0.2, 0) is 59.2 Å². The molecule has 2 aliphatic heterocycles. The van der Waals surface area contributed by atoms with Crippen molar-refractivity contribution in [1.82, 2.24) is 56.4 Å². The SMILES string of the molecule is CC(C)C[C@H](NC(=O)[C@@H](NC(=O)[C@H](Cc1ccc(O)cc1)NC(=O)[C@@H]1CCCN1C(=O)[C@H](CCCCN)NC(=O)[C@H](CCCCN)NC(=O)C(N)CCCCNC(=O)CN1CCN(CC(=O)O)CCN(CC(=O)O)CCN(CC(=O)O)CC1)C(C)(C)C)C(=O)O.[68Ga+3]. The Bertz CT molecular complexity index is 2480. The Labute approximate surface area is 546 Å². The maximum Gasteiger partial charge on any atom is 3.00 e. The third kappa shape index (κ3) is 31.2. The molecule has 0 spiro atoms. The van der Waals surface area contributed by atoms with E-state index < -0.39 is 107 Å². The van der Waals surface area contributed by atoms with Crippen molar-refractivity contribution in [2.45, 2.75) is 160 Å². The van der Waals surface area contributed by atoms with Gasteiger partial charge < -0.3 is 79.5 Å². The largest absolute Gasteiger partial charge is 3.00 e. The summed E-state index contributed by atoms with van der Waals surface area (Å²) < 4.78 is 0. The molecule has 2 aliphatic rings. The van der Waals surface area contributed by atoms with E-state index in [1.54, 1.807) is 52.5 Å². The predicted molar refractivity (Wildman–Crippen MR) is 338 cm³/mol. The molecule has 2 saturated heterocycles. The van der Waals surface area contributed by atoms with Gasteiger partial charge in [-0.25, -0.2) is 4.79 Å². The zero-order valence-corrected chi connectivity index (χ0v) is 56.1. The van der Waals surface area contributed by atoms with Crippen molar-refractivity contribution >= 4 is 85.0 Å². The van der Waals surface area contributed by atoms with Crippen molar-refractivity contribution in [1.29, 1.82) is 0 Å². The number of carboxylic acid groups (broad SMARTS) is 4. The van der Waals surface area contributed by atoms with Gasteiger partial charge in [0.25, 0.3) is 0 Å². The zero-order valence-electron chi connectivity index (χ0n) is 53.7. The molecule has 31 heteroatoms. The van der Waals surface area contributed by atoms with E-state index in [0.717, 1.165) is 0 Å². The monoisotopic (exact) mass is 1340 g/mol. The van der Waals surface area contributed by atoms with E-state index in [1.807, 2.05) is 13.8 Å². The van der Waals surface area contributed by atoms with Crippen LogP contribution >= 0.6 is 0 Å². The summed E-state index contributed by atoms with van der Waals surface area (Å²) >= 11 is 0. The average molecular weight is 1340 g/mol. The van der Waals surface area contributed by atoms with Crippen LogP contribution in [0.2, 0.25) is 0 Å². The number of phenols is 1. The first-order valence-electron chi connectivity index (χ1n) is 31.3. The summed E-state index contributed by atoms with van der Waals surface area (Å²) in [7, 11) is 0. The molecule has 0 aromatic heterocycles. The fourth-order valence-electron chi connectivity index (χ4n) is 10.7. The molecule has 17 N–H and O–H groups in total. The van der Waals surface area contributed by atoms with E-state index in [4.69, 9.17) is 17.2 Å². The van der Waals surface area contributed by atoms with Crippen molar-refractivity contribution in [2.24, 2.45) is 28.5 Å². The number of likely N-dealkylation sites (tertiary alicyclic amines) is 1. The second kappa shape index (κ2) is 41.9. The number of nitrogens with two attached hydrogens (primary N) is 3. The van der Waals surface area contributed by atoms with Crippen LogP contribution in [0.4, 0.5) is 0 Å². The number of aliphatic carboxylic acids is 4. The standard InChI is InChI=1S/C60H102N14O16.Ga/c1-39(2)33-46(59(89)90)68-57(87)52(60(3,4)5)69-55(85)45(34-40-17-19-41(75)20-18-40)67-56(86)47-16-12-24-74(47)58(88)44(15-7-10-22-62)66-54(84)43(14-6-9-21-61)65-53(83)42(63)13-8-11-23-64-48(76)35-70-25-27-71(36-49(77)78)29-31-73(38-51(81)82)32-30-72(28-26-70)37-50(79)80;/h17-20,39,42-47,52,75H,6-16,21-38,61-63H2,1-5H3,(H,64,76)(H,65,83)(H,66,84)(H,67,86)(H,68,87)(H,69,85)(H,77,78)(H,79,80)(H,81,82)(H,89,90);/q;+3/t42?,43-,44-,45-,46-,47-,52+;/m0./s1/i;1-2. The number of nitrogens with one attached hydrogen (secondary N) is 6. The second-order valence-electron chi connectivity index (χ2n) is 24.9. The third-order valence-electron chi connectivity index (χ3n) is 15.7. The van der Waals surface area contributed by atoms with E-state index in [-0.39, 0.29) is 174 Å². The van der Waals surface area contributed by atoms with Gasteiger partial charge >= 0.3 is 43.7 Å². The third-order valence-corrected chi connectivity index (χ3v) is 15.7. The van der Waals surface area contributed by atoms with Gasteiger partial charge in [0.05, 0.1) is 32.2 Å². The molecule has 508 valence electrons. The van der Waals surface area contributed by atoms with Gasteiger partial charge in [0.15, 0.2) is 0 Å². The number of carboxylic acids is 4. The number of benzene rings is 1. The van der Waals surface area contributed by atoms with Crippen LogP contribution in [0.5, 0.6) is 5.75 Å². The predicted octanol–water partition coefficient (Wildman–Crippen LogP) is -2.51. The summed E-state index contributed by atoms with van der Waals surface area (Å²) in [6, 6.07) is -2.40. The molecule has 1 unspecified atom stereocenters. The van der Waals surface area contributed by atoms with Crippen LogP contribution in [0.15, 0.2) is 24.3 Å². The average Bonchev–Trinajstić information content (AvgIpc) is 2.02. The summed E-state index contributed by atoms with van der Waals surface area (Å²) in [6.07, 6.45) is 3.70. The summed E-state index contributed by atoms with van der Waals surface area (Å²) in [5.74, 6) is -9.02. The number of unbranched alkanes of at least 4 members (excludes halogenated alkanes) is 3. The first kappa shape index (κ1) is 80.6. The number of rotatable bonds is 37. The maximum absolute atomic E-state index is 14.7. The topological polar surface area (TPSA) is 455 Å². The minimum absolute atomic E-state index is 0. The van der Waals surface area contributed by atoms with E-state index in [0.29, 0.717) is 57.1 Å². The van der Waals surface area contributed by atoms with Gasteiger partial charge in [-0.3, -0.25) is 67.5 Å². The molecule has 30 nitrogen and oxygen atoms in total. The Hall–Kier alpha value is -6.45. The number of hydrogen-bond donors (Lipinski definition) is 14. The second-order valence-corrected chi connectivity index (χ2v) is 24.9. The van der Waals surface area contributed by atoms with Gasteiger partial charge in [0.2, 0.25) is 41.4 Å². The number of hydrogen-bond acceptors (Lipinski definition) is 19. The van der Waals surface area contributed by atoms with Crippen molar-refractivity contribution < 1.29 is 78.3 Å². The van der Waals surface area contributed by atoms with Crippen LogP contribution < -0.4 is 49.1 Å². The minimum atomic E-state index is -1.34. The fraction of sp³-hybridized carbons (Fsp3) is 0.717. The van der Waals surface area contributed by atoms with Gasteiger partial charge in [0.1, 0.15) is 42.0 Å². The normalized spacial score (nSPS) is 17.7. The van der Waals surface area contributed by atoms with Crippen molar-refractivity contribution in [3.63, 3.8) is 0 Å². The number of phenolic OH excluding ortho intramolecular Hbond substituents is 1. The molecule has 91 heavy (non-hydrogen) atoms. The molecular weight excluding hydrogens is 1240 g/mol. The van der Waals surface area contributed by atoms with E-state index in [2.05, 4.69) is 31.9 Å². The molecule has 0 aliphatic carbocycles. The van der Waals surface area contributed by atoms with Gasteiger partial charge in [0, 0.05) is 71.9 Å². The summed E-state index contributed by atoms with van der Waals surface area (Å²) in [5, 5.41) is 65.0. The summed E-state index contributed by atoms with van der Waals surface area (Å²) in [4.78, 5) is 154. The Morgan fingerprint density at radius 3 is 1.49 bits per heavy atom. The molecule has 2 fully saturated rings. The summed E-state index contributed by atoms with van der Waals surface area (Å²) in [5.41, 5.74) is 17.6. The number of nitrogens with zero attached hydrogens (tertiary/aromatic N) is 5. The van der Waals surface area contributed by atoms with E-state index in [9.17, 15) is 78.3 Å². The van der Waals surface area contributed by atoms with Crippen molar-refractivity contribution in [3.05, 3.63) is 29.8 Å². The molecule has 0 saturated carbocycles. The van der Waals surface area contributed by atoms with Crippen molar-refractivity contribution in [3.8, 4) is 5.75 Å². The first-order valence-corrected chi connectivity index (χ1v) is 31.3. The Kier molecular flexibility index (Phi) is 37.1. The molecule has 0 bridgehead atoms. The first-order chi connectivity index (χ1) is 42.5. The number of amides is 7. The Balaban J connectivity index is 0.0000282. The van der Waals surface area contributed by atoms with Gasteiger partial charge in [-0.2, -0.15) is 0 Å². The number of carbonyl (C=O) groups is 11. The molecular formula is C60H102GaN14O16+3. The molecule has 3 rings (SSSR count). The van der Waals surface area contributed by atoms with Crippen LogP contribution in [0.3, 0.4) is 0 Å². The quantitative estimate of drug-likeness (QED) is 0.0242. The van der Waals surface area contributed by atoms with Crippen LogP contribution in [0.1, 0.15) is 117 Å². The smallest absolute Gasteiger partial charge is 0.508 e. The van der Waals surface area contributed by atoms with Crippen LogP contribution in [-0.4, -0.2) is 282 Å². The number of aromatic hydroxyl groups is 1. The van der Waals surface area contributed by atoms with Crippen LogP contribution in [0.25, 0.3) is 0 Å². The molecule has 0 radical (unpaired) electrons. The maximum atomic E-state index is 14.7. The van der Waals surface area contributed by atoms with Gasteiger partial charge in [-0.1, -0.05) is 46.8 Å². The van der Waals surface area contributed by atoms with E-state index in [1.165, 1.54) is 17.0 Å². The molecule has 7 amide bonds. The molecule has 7 atom stereocenters. The summed E-state index contributed by atoms with van der Waals surface area (Å²) in [6.45, 7) is 10.5. The van der Waals surface area contributed by atoms with Crippen molar-refractivity contribution in [2.75, 3.05) is 105 Å². The van der Waals surface area contributed by atoms with Gasteiger partial charge in [-0.05, 0) is 119 Å². The molecule has 1 aromatic rings. The van der Waals surface area contributed by atoms with Crippen LogP contribution in [0, 0.1) is 11.3 Å². The number of carbonyl (C=O) groups excluding carboxylic acids is 7. The van der Waals surface area contributed by atoms with E-state index >= 15 is 0 Å². The zero-order chi connectivity index (χ0) is 67.1. The minimum Gasteiger partial charge on any atom is -0.508 e. The van der Waals surface area contributed by atoms with Gasteiger partial charge in [-0.15, -0.1) is 0 Å². The fourth-order valence-corrected chi connectivity index (χ4v) is 10.7. The Morgan fingerprint density at radius 2 is 1.02 bits per heavy atom.